The van der Waals surface area contributed by atoms with E-state index >= 15 is 0 Å². The summed E-state index contributed by atoms with van der Waals surface area (Å²) in [6.07, 6.45) is 2.70. The van der Waals surface area contributed by atoms with Crippen LogP contribution in [0.2, 0.25) is 0 Å². The molecule has 1 unspecified atom stereocenters. The van der Waals surface area contributed by atoms with Gasteiger partial charge in [0.1, 0.15) is 0 Å². The van der Waals surface area contributed by atoms with E-state index in [9.17, 15) is 4.79 Å². The summed E-state index contributed by atoms with van der Waals surface area (Å²) >= 11 is 2.87. The number of esters is 1. The predicted octanol–water partition coefficient (Wildman–Crippen LogP) is 0.669. The maximum atomic E-state index is 11.0. The van der Waals surface area contributed by atoms with Gasteiger partial charge in [0.05, 0.1) is 0 Å². The Hall–Kier alpha value is -0.341. The number of nitrogens with zero attached hydrogens (tertiary/aromatic N) is 1. The van der Waals surface area contributed by atoms with Gasteiger partial charge in [0.2, 0.25) is 0 Å². The summed E-state index contributed by atoms with van der Waals surface area (Å²) in [6.45, 7) is 2.60. The molecule has 0 spiro atoms. The van der Waals surface area contributed by atoms with E-state index in [1.807, 2.05) is 0 Å². The van der Waals surface area contributed by atoms with Crippen molar-refractivity contribution in [3.05, 3.63) is 0 Å². The quantitative estimate of drug-likeness (QED) is 0.408. The number of carbonyl (C=O) groups excluding carboxylic acids is 1. The van der Waals surface area contributed by atoms with Gasteiger partial charge < -0.3 is 0 Å². The number of cyclic esters (lactones) is 1. The molecule has 67 valence electrons. The van der Waals surface area contributed by atoms with Crippen molar-refractivity contribution >= 4 is 26.6 Å². The zero-order valence-electron chi connectivity index (χ0n) is 7.08. The molecular formula is C8H12NO2Se. The molecule has 1 radical (unpaired) electrons. The Bertz CT molecular complexity index is 203. The van der Waals surface area contributed by atoms with Crippen LogP contribution in [0.25, 0.3) is 0 Å². The Kier molecular flexibility index (Phi) is 3.76. The Morgan fingerprint density at radius 2 is 2.58 bits per heavy atom. The zero-order valence-corrected chi connectivity index (χ0v) is 8.79. The topological polar surface area (TPSA) is 38.7 Å². The minimum absolute atomic E-state index is 0.182. The van der Waals surface area contributed by atoms with E-state index in [0.717, 1.165) is 23.9 Å². The molecule has 0 aromatic rings. The third-order valence-electron chi connectivity index (χ3n) is 1.67. The van der Waals surface area contributed by atoms with E-state index in [1.165, 1.54) is 0 Å². The maximum absolute atomic E-state index is 11.0. The molecule has 0 N–H and O–H groups in total. The van der Waals surface area contributed by atoms with Crippen molar-refractivity contribution in [1.29, 1.82) is 0 Å². The second kappa shape index (κ2) is 4.63. The fourth-order valence-electron chi connectivity index (χ4n) is 1.05. The van der Waals surface area contributed by atoms with Gasteiger partial charge in [-0.15, -0.1) is 0 Å². The monoisotopic (exact) mass is 234 g/mol. The third-order valence-corrected chi connectivity index (χ3v) is 2.32. The Morgan fingerprint density at radius 1 is 1.83 bits per heavy atom. The molecule has 0 saturated carbocycles. The first-order valence-corrected chi connectivity index (χ1v) is 5.00. The molecule has 0 bridgehead atoms. The van der Waals surface area contributed by atoms with Crippen LogP contribution >= 0.6 is 0 Å². The molecule has 1 rings (SSSR count). The van der Waals surface area contributed by atoms with Crippen LogP contribution in [0, 0.1) is 0 Å². The van der Waals surface area contributed by atoms with Gasteiger partial charge in [0, 0.05) is 0 Å². The SMILES string of the molecule is CCCC([Se])=NC1CCOC1=O. The van der Waals surface area contributed by atoms with Crippen LogP contribution in [0.15, 0.2) is 4.99 Å². The number of hydrogen-bond acceptors (Lipinski definition) is 3. The Balaban J connectivity index is 2.47. The van der Waals surface area contributed by atoms with Gasteiger partial charge >= 0.3 is 80.0 Å². The molecule has 0 aromatic carbocycles. The van der Waals surface area contributed by atoms with Crippen molar-refractivity contribution in [2.45, 2.75) is 32.2 Å². The molecule has 1 saturated heterocycles. The fourth-order valence-corrected chi connectivity index (χ4v) is 1.75. The number of ether oxygens (including phenoxy) is 1. The minimum atomic E-state index is -0.243. The zero-order chi connectivity index (χ0) is 8.97. The van der Waals surface area contributed by atoms with Crippen molar-refractivity contribution in [2.24, 2.45) is 4.99 Å². The van der Waals surface area contributed by atoms with Crippen molar-refractivity contribution in [3.8, 4) is 0 Å². The standard InChI is InChI=1S/C8H12NO2Se/c1-2-3-7(12)9-6-4-5-11-8(6)10/h6H,2-5H2,1H3. The second-order valence-corrected chi connectivity index (χ2v) is 3.73. The molecule has 3 nitrogen and oxygen atoms in total. The molecule has 1 fully saturated rings. The van der Waals surface area contributed by atoms with Crippen molar-refractivity contribution < 1.29 is 9.53 Å². The van der Waals surface area contributed by atoms with Gasteiger partial charge in [-0.2, -0.15) is 0 Å². The van der Waals surface area contributed by atoms with E-state index in [1.54, 1.807) is 0 Å². The van der Waals surface area contributed by atoms with Crippen molar-refractivity contribution in [1.82, 2.24) is 0 Å². The summed E-state index contributed by atoms with van der Waals surface area (Å²) in [5.41, 5.74) is 0. The third kappa shape index (κ3) is 2.61. The van der Waals surface area contributed by atoms with Gasteiger partial charge in [-0.25, -0.2) is 0 Å². The number of carbonyl (C=O) groups is 1. The average molecular weight is 233 g/mol. The molecule has 0 aromatic heterocycles. The van der Waals surface area contributed by atoms with Crippen molar-refractivity contribution in [3.63, 3.8) is 0 Å². The van der Waals surface area contributed by atoms with Crippen LogP contribution in [-0.2, 0) is 9.53 Å². The molecular weight excluding hydrogens is 221 g/mol. The Morgan fingerprint density at radius 3 is 3.08 bits per heavy atom. The summed E-state index contributed by atoms with van der Waals surface area (Å²) in [5, 5.41) is 0. The molecule has 1 atom stereocenters. The number of hydrogen-bond donors (Lipinski definition) is 0. The van der Waals surface area contributed by atoms with E-state index in [-0.39, 0.29) is 12.0 Å². The molecule has 1 aliphatic rings. The van der Waals surface area contributed by atoms with Crippen LogP contribution in [0.1, 0.15) is 26.2 Å². The van der Waals surface area contributed by atoms with Gasteiger partial charge in [-0.1, -0.05) is 0 Å². The average Bonchev–Trinajstić information content (AvgIpc) is 2.37. The summed E-state index contributed by atoms with van der Waals surface area (Å²) in [4.78, 5) is 15.2. The first-order valence-electron chi connectivity index (χ1n) is 4.14. The molecule has 1 heterocycles. The molecule has 1 aliphatic heterocycles. The van der Waals surface area contributed by atoms with Gasteiger partial charge in [0.15, 0.2) is 0 Å². The van der Waals surface area contributed by atoms with Crippen LogP contribution in [0.5, 0.6) is 0 Å². The van der Waals surface area contributed by atoms with Crippen LogP contribution in [-0.4, -0.2) is 39.2 Å². The normalized spacial score (nSPS) is 24.2. The van der Waals surface area contributed by atoms with Gasteiger partial charge in [-0.05, 0) is 0 Å². The van der Waals surface area contributed by atoms with Crippen LogP contribution in [0.3, 0.4) is 0 Å². The fraction of sp³-hybridized carbons (Fsp3) is 0.750. The van der Waals surface area contributed by atoms with Crippen LogP contribution in [0.4, 0.5) is 0 Å². The number of rotatable bonds is 3. The van der Waals surface area contributed by atoms with Gasteiger partial charge in [-0.3, -0.25) is 0 Å². The molecule has 0 aliphatic carbocycles. The van der Waals surface area contributed by atoms with Crippen molar-refractivity contribution in [2.75, 3.05) is 6.61 Å². The van der Waals surface area contributed by atoms with E-state index in [0.29, 0.717) is 6.61 Å². The predicted molar refractivity (Wildman–Crippen MR) is 47.5 cm³/mol. The Labute approximate surface area is 80.4 Å². The van der Waals surface area contributed by atoms with Crippen LogP contribution < -0.4 is 0 Å². The first-order chi connectivity index (χ1) is 5.74. The second-order valence-electron chi connectivity index (χ2n) is 2.74. The summed E-state index contributed by atoms with van der Waals surface area (Å²) < 4.78 is 5.72. The van der Waals surface area contributed by atoms with Gasteiger partial charge in [0.25, 0.3) is 0 Å². The van der Waals surface area contributed by atoms with E-state index in [4.69, 9.17) is 4.74 Å². The van der Waals surface area contributed by atoms with E-state index in [2.05, 4.69) is 27.9 Å². The number of aliphatic imine (C=N–C) groups is 1. The molecule has 12 heavy (non-hydrogen) atoms. The molecule has 0 amide bonds. The molecule has 4 heteroatoms. The summed E-state index contributed by atoms with van der Waals surface area (Å²) in [5.74, 6) is -0.182. The summed E-state index contributed by atoms with van der Waals surface area (Å²) in [7, 11) is 0. The summed E-state index contributed by atoms with van der Waals surface area (Å²) in [6, 6.07) is -0.243. The first kappa shape index (κ1) is 9.75. The van der Waals surface area contributed by atoms with E-state index < -0.39 is 0 Å².